The summed E-state index contributed by atoms with van der Waals surface area (Å²) in [6.45, 7) is 0.326. The molecule has 3 rings (SSSR count). The van der Waals surface area contributed by atoms with Crippen LogP contribution in [-0.2, 0) is 6.42 Å². The zero-order chi connectivity index (χ0) is 16.8. The molecule has 0 saturated carbocycles. The van der Waals surface area contributed by atoms with Gasteiger partial charge in [-0.15, -0.1) is 0 Å². The molecule has 24 heavy (non-hydrogen) atoms. The smallest absolute Gasteiger partial charge is 0.315 e. The monoisotopic (exact) mass is 324 g/mol. The van der Waals surface area contributed by atoms with E-state index in [1.54, 1.807) is 0 Å². The van der Waals surface area contributed by atoms with Crippen LogP contribution in [0.15, 0.2) is 60.9 Å². The Bertz CT molecular complexity index is 768. The molecule has 1 atom stereocenters. The summed E-state index contributed by atoms with van der Waals surface area (Å²) in [4.78, 5) is 16.5. The molecule has 0 radical (unpaired) electrons. The Morgan fingerprint density at radius 1 is 1.17 bits per heavy atom. The van der Waals surface area contributed by atoms with Crippen LogP contribution in [0, 0.1) is 0 Å². The van der Waals surface area contributed by atoms with Crippen LogP contribution in [-0.4, -0.2) is 33.7 Å². The number of benzene rings is 1. The van der Waals surface area contributed by atoms with Gasteiger partial charge in [0.15, 0.2) is 0 Å². The summed E-state index contributed by atoms with van der Waals surface area (Å²) in [5.41, 5.74) is 2.68. The Hall–Kier alpha value is -2.86. The van der Waals surface area contributed by atoms with E-state index >= 15 is 0 Å². The molecule has 6 heteroatoms. The maximum absolute atomic E-state index is 12.0. The predicted molar refractivity (Wildman–Crippen MR) is 91.7 cm³/mol. The first-order chi connectivity index (χ1) is 11.8. The standard InChI is InChI=1S/C18H20N4O2/c23-13-16(14-6-2-1-3-7-14)21-18(24)19-10-9-15-12-22-11-5-4-8-17(22)20-15/h1-8,11-12,16,23H,9-10,13H2,(H2,19,21,24). The maximum Gasteiger partial charge on any atom is 0.315 e. The Kier molecular flexibility index (Phi) is 5.08. The van der Waals surface area contributed by atoms with Gasteiger partial charge in [0, 0.05) is 25.4 Å². The minimum absolute atomic E-state index is 0.149. The third-order valence-corrected chi connectivity index (χ3v) is 3.77. The molecule has 0 aliphatic carbocycles. The Morgan fingerprint density at radius 3 is 2.71 bits per heavy atom. The third kappa shape index (κ3) is 3.91. The summed E-state index contributed by atoms with van der Waals surface area (Å²) >= 11 is 0. The van der Waals surface area contributed by atoms with Crippen molar-refractivity contribution in [2.45, 2.75) is 12.5 Å². The number of carbonyl (C=O) groups is 1. The fourth-order valence-electron chi connectivity index (χ4n) is 2.54. The lowest BCUT2D eigenvalue weighted by atomic mass is 10.1. The number of fused-ring (bicyclic) bond motifs is 1. The topological polar surface area (TPSA) is 78.7 Å². The molecule has 2 heterocycles. The number of hydrogen-bond acceptors (Lipinski definition) is 3. The van der Waals surface area contributed by atoms with Crippen LogP contribution >= 0.6 is 0 Å². The van der Waals surface area contributed by atoms with Crippen molar-refractivity contribution in [3.63, 3.8) is 0 Å². The lowest BCUT2D eigenvalue weighted by Crippen LogP contribution is -2.40. The average molecular weight is 324 g/mol. The number of carbonyl (C=O) groups excluding carboxylic acids is 1. The largest absolute Gasteiger partial charge is 0.394 e. The molecule has 1 aromatic carbocycles. The number of aromatic nitrogens is 2. The van der Waals surface area contributed by atoms with Crippen LogP contribution < -0.4 is 10.6 Å². The zero-order valence-electron chi connectivity index (χ0n) is 13.2. The Labute approximate surface area is 140 Å². The van der Waals surface area contributed by atoms with Crippen molar-refractivity contribution < 1.29 is 9.90 Å². The van der Waals surface area contributed by atoms with E-state index in [2.05, 4.69) is 15.6 Å². The van der Waals surface area contributed by atoms with Crippen molar-refractivity contribution in [3.8, 4) is 0 Å². The Balaban J connectivity index is 1.50. The summed E-state index contributed by atoms with van der Waals surface area (Å²) in [5.74, 6) is 0. The normalized spacial score (nSPS) is 12.0. The number of rotatable bonds is 6. The van der Waals surface area contributed by atoms with E-state index in [1.165, 1.54) is 0 Å². The van der Waals surface area contributed by atoms with E-state index in [0.29, 0.717) is 13.0 Å². The van der Waals surface area contributed by atoms with E-state index in [4.69, 9.17) is 0 Å². The SMILES string of the molecule is O=C(NCCc1cn2ccccc2n1)NC(CO)c1ccccc1. The predicted octanol–water partition coefficient (Wildman–Crippen LogP) is 1.91. The second-order valence-corrected chi connectivity index (χ2v) is 5.49. The number of imidazole rings is 1. The zero-order valence-corrected chi connectivity index (χ0v) is 13.2. The molecule has 0 bridgehead atoms. The number of hydrogen-bond donors (Lipinski definition) is 3. The van der Waals surface area contributed by atoms with Gasteiger partial charge in [0.1, 0.15) is 5.65 Å². The van der Waals surface area contributed by atoms with Crippen LogP contribution in [0.5, 0.6) is 0 Å². The minimum Gasteiger partial charge on any atom is -0.394 e. The van der Waals surface area contributed by atoms with E-state index < -0.39 is 6.04 Å². The number of nitrogens with one attached hydrogen (secondary N) is 2. The first-order valence-corrected chi connectivity index (χ1v) is 7.89. The second-order valence-electron chi connectivity index (χ2n) is 5.49. The highest BCUT2D eigenvalue weighted by atomic mass is 16.3. The molecule has 0 aliphatic heterocycles. The Morgan fingerprint density at radius 2 is 1.96 bits per heavy atom. The van der Waals surface area contributed by atoms with Gasteiger partial charge in [0.05, 0.1) is 18.3 Å². The van der Waals surface area contributed by atoms with Crippen LogP contribution in [0.25, 0.3) is 5.65 Å². The molecular formula is C18H20N4O2. The number of urea groups is 1. The van der Waals surface area contributed by atoms with E-state index in [9.17, 15) is 9.90 Å². The minimum atomic E-state index is -0.415. The van der Waals surface area contributed by atoms with Crippen molar-refractivity contribution in [1.82, 2.24) is 20.0 Å². The first kappa shape index (κ1) is 16.0. The molecule has 124 valence electrons. The summed E-state index contributed by atoms with van der Waals surface area (Å²) in [5, 5.41) is 15.0. The molecule has 0 fully saturated rings. The molecule has 0 saturated heterocycles. The highest BCUT2D eigenvalue weighted by Crippen LogP contribution is 2.11. The van der Waals surface area contributed by atoms with Crippen molar-refractivity contribution in [1.29, 1.82) is 0 Å². The summed E-state index contributed by atoms with van der Waals surface area (Å²) < 4.78 is 1.95. The quantitative estimate of drug-likeness (QED) is 0.648. The van der Waals surface area contributed by atoms with Crippen molar-refractivity contribution in [2.24, 2.45) is 0 Å². The van der Waals surface area contributed by atoms with Gasteiger partial charge in [-0.3, -0.25) is 0 Å². The number of aliphatic hydroxyl groups excluding tert-OH is 1. The molecule has 2 aromatic heterocycles. The van der Waals surface area contributed by atoms with E-state index in [0.717, 1.165) is 16.9 Å². The van der Waals surface area contributed by atoms with Gasteiger partial charge < -0.3 is 20.1 Å². The van der Waals surface area contributed by atoms with Gasteiger partial charge in [0.2, 0.25) is 0 Å². The van der Waals surface area contributed by atoms with Crippen molar-refractivity contribution in [3.05, 3.63) is 72.2 Å². The van der Waals surface area contributed by atoms with Crippen LogP contribution in [0.3, 0.4) is 0 Å². The number of aliphatic hydroxyl groups is 1. The van der Waals surface area contributed by atoms with Crippen LogP contribution in [0.2, 0.25) is 0 Å². The molecule has 2 amide bonds. The fourth-order valence-corrected chi connectivity index (χ4v) is 2.54. The van der Waals surface area contributed by atoms with E-state index in [-0.39, 0.29) is 12.6 Å². The highest BCUT2D eigenvalue weighted by Gasteiger charge is 2.12. The van der Waals surface area contributed by atoms with E-state index in [1.807, 2.05) is 65.3 Å². The molecule has 6 nitrogen and oxygen atoms in total. The molecule has 1 unspecified atom stereocenters. The van der Waals surface area contributed by atoms with Crippen LogP contribution in [0.4, 0.5) is 4.79 Å². The summed E-state index contributed by atoms with van der Waals surface area (Å²) in [6.07, 6.45) is 4.54. The van der Waals surface area contributed by atoms with Gasteiger partial charge >= 0.3 is 6.03 Å². The lowest BCUT2D eigenvalue weighted by molar-refractivity contribution is 0.217. The lowest BCUT2D eigenvalue weighted by Gasteiger charge is -2.17. The van der Waals surface area contributed by atoms with Gasteiger partial charge in [-0.25, -0.2) is 9.78 Å². The van der Waals surface area contributed by atoms with Gasteiger partial charge in [0.25, 0.3) is 0 Å². The van der Waals surface area contributed by atoms with Crippen LogP contribution in [0.1, 0.15) is 17.3 Å². The molecule has 3 N–H and O–H groups in total. The summed E-state index contributed by atoms with van der Waals surface area (Å²) in [6, 6.07) is 14.5. The van der Waals surface area contributed by atoms with Gasteiger partial charge in [-0.05, 0) is 17.7 Å². The first-order valence-electron chi connectivity index (χ1n) is 7.89. The van der Waals surface area contributed by atoms with Gasteiger partial charge in [-0.2, -0.15) is 0 Å². The maximum atomic E-state index is 12.0. The average Bonchev–Trinajstić information content (AvgIpc) is 3.03. The van der Waals surface area contributed by atoms with Crippen molar-refractivity contribution in [2.75, 3.05) is 13.2 Å². The number of pyridine rings is 1. The van der Waals surface area contributed by atoms with Gasteiger partial charge in [-0.1, -0.05) is 36.4 Å². The molecular weight excluding hydrogens is 304 g/mol. The van der Waals surface area contributed by atoms with Crippen molar-refractivity contribution >= 4 is 11.7 Å². The number of nitrogens with zero attached hydrogens (tertiary/aromatic N) is 2. The summed E-state index contributed by atoms with van der Waals surface area (Å²) in [7, 11) is 0. The molecule has 0 spiro atoms. The highest BCUT2D eigenvalue weighted by molar-refractivity contribution is 5.74. The fraction of sp³-hybridized carbons (Fsp3) is 0.222. The molecule has 3 aromatic rings. The number of amides is 2. The molecule has 0 aliphatic rings. The second kappa shape index (κ2) is 7.61. The third-order valence-electron chi connectivity index (χ3n) is 3.77.